The first-order valence-electron chi connectivity index (χ1n) is 6.16. The number of carboxylic acid groups (broad SMARTS) is 1. The van der Waals surface area contributed by atoms with Crippen LogP contribution in [0, 0.1) is 6.92 Å². The van der Waals surface area contributed by atoms with Crippen LogP contribution in [0.3, 0.4) is 0 Å². The molecule has 4 nitrogen and oxygen atoms in total. The zero-order chi connectivity index (χ0) is 15.1. The van der Waals surface area contributed by atoms with E-state index in [1.165, 1.54) is 6.07 Å². The molecule has 0 saturated heterocycles. The molecular weight excluding hydrogens is 311 g/mol. The van der Waals surface area contributed by atoms with Gasteiger partial charge in [-0.05, 0) is 31.2 Å². The number of rotatable bonds is 2. The van der Waals surface area contributed by atoms with Gasteiger partial charge in [-0.3, -0.25) is 4.57 Å². The van der Waals surface area contributed by atoms with Crippen LogP contribution < -0.4 is 0 Å². The highest BCUT2D eigenvalue weighted by Crippen LogP contribution is 2.33. The molecular formula is C15H10Cl2N2O2. The second kappa shape index (κ2) is 5.06. The van der Waals surface area contributed by atoms with Gasteiger partial charge in [0.05, 0.1) is 26.8 Å². The van der Waals surface area contributed by atoms with Gasteiger partial charge in [0, 0.05) is 0 Å². The van der Waals surface area contributed by atoms with Crippen molar-refractivity contribution in [3.63, 3.8) is 0 Å². The van der Waals surface area contributed by atoms with Crippen LogP contribution in [-0.4, -0.2) is 20.6 Å². The molecule has 21 heavy (non-hydrogen) atoms. The number of aromatic carboxylic acids is 1. The van der Waals surface area contributed by atoms with Crippen molar-refractivity contribution in [2.75, 3.05) is 0 Å². The van der Waals surface area contributed by atoms with Crippen molar-refractivity contribution in [1.29, 1.82) is 0 Å². The lowest BCUT2D eigenvalue weighted by atomic mass is 10.2. The summed E-state index contributed by atoms with van der Waals surface area (Å²) < 4.78 is 1.77. The van der Waals surface area contributed by atoms with E-state index < -0.39 is 5.97 Å². The molecule has 1 N–H and O–H groups in total. The molecule has 0 aliphatic carbocycles. The topological polar surface area (TPSA) is 55.1 Å². The molecule has 1 aromatic heterocycles. The summed E-state index contributed by atoms with van der Waals surface area (Å²) in [5.41, 5.74) is 1.82. The third kappa shape index (κ3) is 2.17. The number of nitrogens with zero attached hydrogens (tertiary/aromatic N) is 2. The predicted molar refractivity (Wildman–Crippen MR) is 82.8 cm³/mol. The number of halogens is 2. The van der Waals surface area contributed by atoms with Crippen LogP contribution in [0.2, 0.25) is 10.0 Å². The van der Waals surface area contributed by atoms with Gasteiger partial charge in [0.25, 0.3) is 0 Å². The fourth-order valence-electron chi connectivity index (χ4n) is 2.37. The Morgan fingerprint density at radius 3 is 2.38 bits per heavy atom. The van der Waals surface area contributed by atoms with Crippen LogP contribution in [0.25, 0.3) is 16.7 Å². The Bertz CT molecular complexity index is 851. The monoisotopic (exact) mass is 320 g/mol. The Balaban J connectivity index is 2.42. The highest BCUT2D eigenvalue weighted by atomic mass is 35.5. The summed E-state index contributed by atoms with van der Waals surface area (Å²) >= 11 is 12.5. The van der Waals surface area contributed by atoms with Crippen molar-refractivity contribution in [3.8, 4) is 5.69 Å². The zero-order valence-electron chi connectivity index (χ0n) is 11.0. The van der Waals surface area contributed by atoms with Crippen molar-refractivity contribution in [1.82, 2.24) is 9.55 Å². The number of benzene rings is 2. The fourth-order valence-corrected chi connectivity index (χ4v) is 2.94. The summed E-state index contributed by atoms with van der Waals surface area (Å²) in [7, 11) is 0. The molecule has 3 rings (SSSR count). The van der Waals surface area contributed by atoms with E-state index in [1.54, 1.807) is 41.8 Å². The third-order valence-electron chi connectivity index (χ3n) is 3.24. The molecule has 1 heterocycles. The molecule has 0 unspecified atom stereocenters. The smallest absolute Gasteiger partial charge is 0.337 e. The third-order valence-corrected chi connectivity index (χ3v) is 3.85. The SMILES string of the molecule is Cc1nc2c(C(=O)O)cccc2n1-c1c(Cl)cccc1Cl. The van der Waals surface area contributed by atoms with Gasteiger partial charge in [0.1, 0.15) is 11.3 Å². The van der Waals surface area contributed by atoms with E-state index in [2.05, 4.69) is 4.98 Å². The average molecular weight is 321 g/mol. The first kappa shape index (κ1) is 13.9. The molecule has 6 heteroatoms. The van der Waals surface area contributed by atoms with Crippen LogP contribution >= 0.6 is 23.2 Å². The van der Waals surface area contributed by atoms with Crippen LogP contribution in [0.1, 0.15) is 16.2 Å². The lowest BCUT2D eigenvalue weighted by Crippen LogP contribution is -2.00. The second-order valence-electron chi connectivity index (χ2n) is 4.54. The minimum Gasteiger partial charge on any atom is -0.478 e. The van der Waals surface area contributed by atoms with E-state index in [-0.39, 0.29) is 5.56 Å². The van der Waals surface area contributed by atoms with Gasteiger partial charge in [0.2, 0.25) is 0 Å². The van der Waals surface area contributed by atoms with E-state index in [4.69, 9.17) is 23.2 Å². The molecule has 0 bridgehead atoms. The van der Waals surface area contributed by atoms with Gasteiger partial charge >= 0.3 is 5.97 Å². The number of aromatic nitrogens is 2. The normalized spacial score (nSPS) is 11.0. The van der Waals surface area contributed by atoms with Crippen molar-refractivity contribution >= 4 is 40.2 Å². The summed E-state index contributed by atoms with van der Waals surface area (Å²) in [4.78, 5) is 15.7. The molecule has 0 spiro atoms. The first-order chi connectivity index (χ1) is 10.0. The fraction of sp³-hybridized carbons (Fsp3) is 0.0667. The molecule has 0 aliphatic heterocycles. The van der Waals surface area contributed by atoms with Crippen molar-refractivity contribution < 1.29 is 9.90 Å². The highest BCUT2D eigenvalue weighted by molar-refractivity contribution is 6.37. The summed E-state index contributed by atoms with van der Waals surface area (Å²) in [5.74, 6) is -0.399. The Kier molecular flexibility index (Phi) is 3.35. The number of hydrogen-bond acceptors (Lipinski definition) is 2. The Labute approximate surface area is 130 Å². The van der Waals surface area contributed by atoms with Gasteiger partial charge in [-0.1, -0.05) is 35.3 Å². The van der Waals surface area contributed by atoms with Crippen molar-refractivity contribution in [2.24, 2.45) is 0 Å². The number of fused-ring (bicyclic) bond motifs is 1. The van der Waals surface area contributed by atoms with Gasteiger partial charge in [0.15, 0.2) is 0 Å². The van der Waals surface area contributed by atoms with Gasteiger partial charge in [-0.2, -0.15) is 0 Å². The second-order valence-corrected chi connectivity index (χ2v) is 5.36. The maximum absolute atomic E-state index is 11.3. The van der Waals surface area contributed by atoms with E-state index >= 15 is 0 Å². The number of carboxylic acids is 1. The van der Waals surface area contributed by atoms with E-state index in [0.29, 0.717) is 32.6 Å². The maximum Gasteiger partial charge on any atom is 0.337 e. The molecule has 0 saturated carbocycles. The average Bonchev–Trinajstić information content (AvgIpc) is 2.75. The molecule has 0 atom stereocenters. The predicted octanol–water partition coefficient (Wildman–Crippen LogP) is 4.34. The van der Waals surface area contributed by atoms with Crippen molar-refractivity contribution in [2.45, 2.75) is 6.92 Å². The summed E-state index contributed by atoms with van der Waals surface area (Å²) in [6, 6.07) is 10.2. The molecule has 0 radical (unpaired) electrons. The lowest BCUT2D eigenvalue weighted by molar-refractivity contribution is 0.0699. The Morgan fingerprint density at radius 1 is 1.14 bits per heavy atom. The summed E-state index contributed by atoms with van der Waals surface area (Å²) in [6.07, 6.45) is 0. The highest BCUT2D eigenvalue weighted by Gasteiger charge is 2.18. The van der Waals surface area contributed by atoms with Crippen LogP contribution in [-0.2, 0) is 0 Å². The Morgan fingerprint density at radius 2 is 1.76 bits per heavy atom. The number of carbonyl (C=O) groups is 1. The minimum absolute atomic E-state index is 0.150. The first-order valence-corrected chi connectivity index (χ1v) is 6.92. The number of hydrogen-bond donors (Lipinski definition) is 1. The van der Waals surface area contributed by atoms with Crippen LogP contribution in [0.5, 0.6) is 0 Å². The Hall–Kier alpha value is -2.04. The molecule has 2 aromatic carbocycles. The van der Waals surface area contributed by atoms with Gasteiger partial charge in [-0.15, -0.1) is 0 Å². The number of para-hydroxylation sites is 2. The number of imidazole rings is 1. The quantitative estimate of drug-likeness (QED) is 0.764. The molecule has 0 amide bonds. The molecule has 106 valence electrons. The standard InChI is InChI=1S/C15H10Cl2N2O2/c1-8-18-13-9(15(20)21)4-2-7-12(13)19(8)14-10(16)5-3-6-11(14)17/h2-7H,1H3,(H,20,21). The molecule has 3 aromatic rings. The van der Waals surface area contributed by atoms with Crippen molar-refractivity contribution in [3.05, 3.63) is 57.8 Å². The van der Waals surface area contributed by atoms with Crippen LogP contribution in [0.15, 0.2) is 36.4 Å². The van der Waals surface area contributed by atoms with E-state index in [1.807, 2.05) is 0 Å². The number of aryl methyl sites for hydroxylation is 1. The summed E-state index contributed by atoms with van der Waals surface area (Å²) in [6.45, 7) is 1.78. The molecule has 0 aliphatic rings. The van der Waals surface area contributed by atoms with E-state index in [9.17, 15) is 9.90 Å². The van der Waals surface area contributed by atoms with Gasteiger partial charge in [-0.25, -0.2) is 9.78 Å². The molecule has 0 fully saturated rings. The van der Waals surface area contributed by atoms with Crippen LogP contribution in [0.4, 0.5) is 0 Å². The maximum atomic E-state index is 11.3. The largest absolute Gasteiger partial charge is 0.478 e. The van der Waals surface area contributed by atoms with Gasteiger partial charge < -0.3 is 5.11 Å². The minimum atomic E-state index is -1.02. The lowest BCUT2D eigenvalue weighted by Gasteiger charge is -2.11. The zero-order valence-corrected chi connectivity index (χ0v) is 12.5. The van der Waals surface area contributed by atoms with E-state index in [0.717, 1.165) is 0 Å². The summed E-state index contributed by atoms with van der Waals surface area (Å²) in [5, 5.41) is 10.2.